The minimum Gasteiger partial charge on any atom is -0.462 e. The lowest BCUT2D eigenvalue weighted by molar-refractivity contribution is -0.254. The van der Waals surface area contributed by atoms with E-state index in [2.05, 4.69) is 147 Å². The van der Waals surface area contributed by atoms with E-state index in [1.165, 1.54) is 0 Å². The first-order valence-electron chi connectivity index (χ1n) is 38.9. The Hall–Kier alpha value is -6.34. The molecule has 5 aliphatic rings. The van der Waals surface area contributed by atoms with Crippen LogP contribution in [0, 0.1) is 17.8 Å². The quantitative estimate of drug-likeness (QED) is 0.0132. The number of carbonyl (C=O) groups is 2. The molecule has 5 unspecified atom stereocenters. The molecule has 5 saturated heterocycles. The van der Waals surface area contributed by atoms with E-state index in [9.17, 15) is 9.90 Å². The van der Waals surface area contributed by atoms with Crippen molar-refractivity contribution in [2.45, 2.75) is 251 Å². The van der Waals surface area contributed by atoms with Crippen LogP contribution in [-0.4, -0.2) is 167 Å². The van der Waals surface area contributed by atoms with E-state index in [-0.39, 0.29) is 91.1 Å². The van der Waals surface area contributed by atoms with Gasteiger partial charge in [0.15, 0.2) is 16.1 Å². The van der Waals surface area contributed by atoms with Crippen molar-refractivity contribution in [1.82, 2.24) is 0 Å². The van der Waals surface area contributed by atoms with E-state index < -0.39 is 109 Å². The molecule has 0 radical (unpaired) electrons. The predicted molar refractivity (Wildman–Crippen MR) is 427 cm³/mol. The number of aliphatic hydroxyl groups is 1. The molecule has 108 heavy (non-hydrogen) atoms. The number of hydrogen-bond donors (Lipinski definition) is 1. The van der Waals surface area contributed by atoms with E-state index >= 15 is 13.2 Å². The second kappa shape index (κ2) is 36.4. The first-order chi connectivity index (χ1) is 51.7. The minimum atomic E-state index is -4.30. The fourth-order valence-corrected chi connectivity index (χ4v) is 29.1. The zero-order chi connectivity index (χ0) is 77.1. The van der Waals surface area contributed by atoms with E-state index in [4.69, 9.17) is 51.5 Å². The summed E-state index contributed by atoms with van der Waals surface area (Å²) in [7, 11) is -6.53. The fourth-order valence-electron chi connectivity index (χ4n) is 17.8. The number of fused-ring (bicyclic) bond motifs is 2. The molecule has 5 aliphatic heterocycles. The van der Waals surface area contributed by atoms with Gasteiger partial charge >= 0.3 is 5.97 Å². The highest BCUT2D eigenvalue weighted by Crippen LogP contribution is 2.50. The summed E-state index contributed by atoms with van der Waals surface area (Å²) in [5.74, 6) is -0.633. The molecular formula is C89H116O16SSi2. The third-order valence-corrected chi connectivity index (χ3v) is 35.8. The molecule has 16 nitrogen and oxygen atoms in total. The topological polar surface area (TPSA) is 190 Å². The minimum absolute atomic E-state index is 0.0272. The third kappa shape index (κ3) is 18.6. The molecule has 19 heteroatoms. The van der Waals surface area contributed by atoms with Gasteiger partial charge in [-0.05, 0) is 136 Å². The highest BCUT2D eigenvalue weighted by Gasteiger charge is 2.65. The van der Waals surface area contributed by atoms with Crippen molar-refractivity contribution in [2.24, 2.45) is 17.8 Å². The molecule has 0 spiro atoms. The van der Waals surface area contributed by atoms with Crippen molar-refractivity contribution < 1.29 is 74.6 Å². The van der Waals surface area contributed by atoms with Crippen LogP contribution >= 0.6 is 0 Å². The van der Waals surface area contributed by atoms with Crippen LogP contribution in [0.5, 0.6) is 0 Å². The first kappa shape index (κ1) is 82.6. The summed E-state index contributed by atoms with van der Waals surface area (Å²) in [6, 6.07) is 59.1. The number of sulfone groups is 1. The monoisotopic (exact) mass is 1530 g/mol. The number of rotatable bonds is 34. The number of ketones is 1. The smallest absolute Gasteiger partial charge is 0.338 e. The van der Waals surface area contributed by atoms with Gasteiger partial charge in [0.05, 0.1) is 77.3 Å². The number of aliphatic hydroxyl groups excluding tert-OH is 1. The van der Waals surface area contributed by atoms with Crippen molar-refractivity contribution in [3.63, 3.8) is 0 Å². The van der Waals surface area contributed by atoms with Crippen LogP contribution in [0.1, 0.15) is 150 Å². The molecule has 5 heterocycles. The summed E-state index contributed by atoms with van der Waals surface area (Å²) in [6.07, 6.45) is -5.86. The number of carbonyl (C=O) groups excluding carboxylic acids is 2. The van der Waals surface area contributed by atoms with E-state index in [1.807, 2.05) is 73.7 Å². The van der Waals surface area contributed by atoms with Crippen LogP contribution in [-0.2, 0) is 66.1 Å². The molecule has 0 amide bonds. The second-order valence-electron chi connectivity index (χ2n) is 32.8. The molecular weight excluding hydrogens is 1410 g/mol. The van der Waals surface area contributed by atoms with Gasteiger partial charge in [-0.3, -0.25) is 4.79 Å². The number of esters is 1. The van der Waals surface area contributed by atoms with Gasteiger partial charge in [-0.2, -0.15) is 0 Å². The van der Waals surface area contributed by atoms with Gasteiger partial charge in [0.2, 0.25) is 0 Å². The standard InChI is InChI=1S/C89H116O16SSi2/c1-15-59(2)50-65(95-12)46-48-75-61(4)52-67(99-75)55-80(106(93,94)68-36-24-17-25-37-68)74(91)56-79-83(104-107(88(6,7)8,69-38-26-18-27-39-69)70-40-28-19-29-41-70)84-85(103-79)86(105-108(89(9,10)11,71-42-30-20-31-43-71)72-44-32-21-33-45-72)82-76(102-84)49-47-66(100-82)53-64(90)54-73-62(5)77(101-78(73)57-81(96-13)97-14)51-60(3)58-98-87(92)63-34-22-16-23-35-63/h16-45,60,62,65-67,73-86,91H,1,4,46-58H2,2-3,5-14H3/t60-,62+,65-,66+,67?,73?,74?,75-,76-,77+,78-,79?,80?,82-,83-,84-,85+,86-/m0/s1. The molecule has 18 atom stereocenters. The lowest BCUT2D eigenvalue weighted by Gasteiger charge is -2.53. The van der Waals surface area contributed by atoms with Crippen LogP contribution in [0.4, 0.5) is 0 Å². The molecule has 6 aromatic rings. The van der Waals surface area contributed by atoms with Gasteiger partial charge in [-0.1, -0.05) is 226 Å². The molecule has 6 aromatic carbocycles. The van der Waals surface area contributed by atoms with E-state index in [1.54, 1.807) is 63.8 Å². The Morgan fingerprint density at radius 3 is 1.64 bits per heavy atom. The SMILES string of the molecule is C=C=C(C)C[C@H](CC[C@@H]1OC(CC(C(O)CC2O[C@H]3[C@@H](O[Si](c4ccccc4)(c4ccccc4)C(C)(C)C)[C@H]4O[C@@H](CC(=O)CC5[C@H](CC(OC)OC)O[C@H](C[C@H](C)COC(=O)c6ccccc6)[C@@H]5C)CC[C@@H]4O[C@H]3[C@H]2O[Si](c2ccccc2)(c2ccccc2)C(C)(C)C)S(=O)(=O)c2ccccc2)CC1=C)OC. The normalized spacial score (nSPS) is 26.6. The van der Waals surface area contributed by atoms with Gasteiger partial charge in [0.25, 0.3) is 16.6 Å². The Morgan fingerprint density at radius 1 is 0.602 bits per heavy atom. The zero-order valence-corrected chi connectivity index (χ0v) is 68.2. The Bertz CT molecular complexity index is 3960. The van der Waals surface area contributed by atoms with Crippen molar-refractivity contribution in [1.29, 1.82) is 0 Å². The fraction of sp³-hybridized carbons (Fsp3) is 0.517. The summed E-state index contributed by atoms with van der Waals surface area (Å²) >= 11 is 0. The van der Waals surface area contributed by atoms with Crippen LogP contribution < -0.4 is 20.7 Å². The van der Waals surface area contributed by atoms with Crippen LogP contribution in [0.15, 0.2) is 217 Å². The summed E-state index contributed by atoms with van der Waals surface area (Å²) in [6.45, 7) is 28.1. The summed E-state index contributed by atoms with van der Waals surface area (Å²) < 4.78 is 108. The molecule has 5 fully saturated rings. The van der Waals surface area contributed by atoms with E-state index in [0.29, 0.717) is 56.9 Å². The number of Topliss-reactive ketones (excluding diaryl/α,β-unsaturated/α-hetero) is 1. The average Bonchev–Trinajstić information content (AvgIpc) is 1.22. The lowest BCUT2D eigenvalue weighted by Crippen LogP contribution is -2.73. The van der Waals surface area contributed by atoms with Crippen LogP contribution in [0.2, 0.25) is 10.1 Å². The zero-order valence-electron chi connectivity index (χ0n) is 65.4. The highest BCUT2D eigenvalue weighted by atomic mass is 32.2. The number of ether oxygens (including phenoxy) is 9. The lowest BCUT2D eigenvalue weighted by atomic mass is 9.80. The maximum atomic E-state index is 15.7. The maximum absolute atomic E-state index is 15.7. The molecule has 0 saturated carbocycles. The average molecular weight is 1530 g/mol. The Balaban J connectivity index is 0.972. The summed E-state index contributed by atoms with van der Waals surface area (Å²) in [5.41, 5.74) is 5.33. The van der Waals surface area contributed by atoms with Crippen molar-refractivity contribution in [3.05, 3.63) is 218 Å². The Morgan fingerprint density at radius 2 is 1.12 bits per heavy atom. The highest BCUT2D eigenvalue weighted by molar-refractivity contribution is 7.92. The Labute approximate surface area is 644 Å². The largest absolute Gasteiger partial charge is 0.462 e. The summed E-state index contributed by atoms with van der Waals surface area (Å²) in [5, 5.41) is 15.2. The number of benzene rings is 6. The van der Waals surface area contributed by atoms with Crippen LogP contribution in [0.25, 0.3) is 0 Å². The molecule has 11 rings (SSSR count). The van der Waals surface area contributed by atoms with Gasteiger partial charge in [0.1, 0.15) is 36.3 Å². The van der Waals surface area contributed by atoms with Gasteiger partial charge < -0.3 is 56.6 Å². The molecule has 582 valence electrons. The molecule has 1 N–H and O–H groups in total. The molecule has 0 bridgehead atoms. The number of hydrogen-bond acceptors (Lipinski definition) is 16. The van der Waals surface area contributed by atoms with Crippen molar-refractivity contribution in [3.8, 4) is 0 Å². The van der Waals surface area contributed by atoms with Gasteiger partial charge in [-0.15, -0.1) is 5.73 Å². The van der Waals surface area contributed by atoms with Crippen molar-refractivity contribution >= 4 is 59.0 Å². The third-order valence-electron chi connectivity index (χ3n) is 23.5. The summed E-state index contributed by atoms with van der Waals surface area (Å²) in [4.78, 5) is 28.4. The van der Waals surface area contributed by atoms with Gasteiger partial charge in [-0.25, -0.2) is 13.2 Å². The second-order valence-corrected chi connectivity index (χ2v) is 43.5. The van der Waals surface area contributed by atoms with Crippen LogP contribution in [0.3, 0.4) is 0 Å². The molecule has 0 aromatic heterocycles. The first-order valence-corrected chi connectivity index (χ1v) is 44.3. The van der Waals surface area contributed by atoms with E-state index in [0.717, 1.165) is 31.9 Å². The molecule has 0 aliphatic carbocycles. The van der Waals surface area contributed by atoms with Gasteiger partial charge in [0, 0.05) is 53.4 Å². The predicted octanol–water partition coefficient (Wildman–Crippen LogP) is 13.8. The number of methoxy groups -OCH3 is 3. The van der Waals surface area contributed by atoms with Crippen molar-refractivity contribution in [2.75, 3.05) is 27.9 Å². The maximum Gasteiger partial charge on any atom is 0.338 e. The Kier molecular flexibility index (Phi) is 27.9.